The summed E-state index contributed by atoms with van der Waals surface area (Å²) in [7, 11) is 0. The molecule has 0 aromatic heterocycles. The summed E-state index contributed by atoms with van der Waals surface area (Å²) in [6.45, 7) is 6.21. The predicted octanol–water partition coefficient (Wildman–Crippen LogP) is 5.77. The lowest BCUT2D eigenvalue weighted by Crippen LogP contribution is -2.28. The van der Waals surface area contributed by atoms with E-state index in [4.69, 9.17) is 0 Å². The van der Waals surface area contributed by atoms with Gasteiger partial charge in [-0.15, -0.1) is 0 Å². The number of hydrogen-bond acceptors (Lipinski definition) is 2. The maximum absolute atomic E-state index is 14.5. The lowest BCUT2D eigenvalue weighted by Gasteiger charge is -2.17. The zero-order chi connectivity index (χ0) is 18.7. The monoisotopic (exact) mass is 522 g/mol. The number of rotatable bonds is 5. The summed E-state index contributed by atoms with van der Waals surface area (Å²) in [6.07, 6.45) is 0. The minimum atomic E-state index is -1.10. The molecule has 0 atom stereocenters. The van der Waals surface area contributed by atoms with E-state index in [9.17, 15) is 13.6 Å². The second kappa shape index (κ2) is 8.44. The van der Waals surface area contributed by atoms with E-state index in [2.05, 4.69) is 49.2 Å². The van der Waals surface area contributed by atoms with Gasteiger partial charge in [0.15, 0.2) is 11.6 Å². The molecule has 1 amide bonds. The summed E-state index contributed by atoms with van der Waals surface area (Å²) in [5.74, 6) is -2.35. The first-order chi connectivity index (χ1) is 11.7. The fourth-order valence-electron chi connectivity index (χ4n) is 2.19. The van der Waals surface area contributed by atoms with Crippen LogP contribution >= 0.6 is 38.5 Å². The first-order valence-corrected chi connectivity index (χ1v) is 9.56. The van der Waals surface area contributed by atoms with Gasteiger partial charge in [0.05, 0.1) is 15.7 Å². The molecule has 0 bridgehead atoms. The third-order valence-electron chi connectivity index (χ3n) is 3.53. The standard InChI is InChI=1S/C18H18BrF2IN2O/c1-9(2)8-23-18(25)12-7-13(19)15(20)16(21)17(12)24-14-5-4-11(22)6-10(14)3/h4-7,9,24H,8H2,1-3H3,(H,23,25). The van der Waals surface area contributed by atoms with Crippen LogP contribution in [0.3, 0.4) is 0 Å². The number of carbonyl (C=O) groups is 1. The number of aryl methyl sites for hydroxylation is 1. The molecule has 0 saturated carbocycles. The Bertz CT molecular complexity index is 812. The van der Waals surface area contributed by atoms with E-state index in [1.165, 1.54) is 6.07 Å². The molecule has 25 heavy (non-hydrogen) atoms. The van der Waals surface area contributed by atoms with Crippen molar-refractivity contribution in [3.8, 4) is 0 Å². The molecular formula is C18H18BrF2IN2O. The van der Waals surface area contributed by atoms with Gasteiger partial charge in [0.1, 0.15) is 0 Å². The van der Waals surface area contributed by atoms with E-state index < -0.39 is 17.5 Å². The van der Waals surface area contributed by atoms with Crippen molar-refractivity contribution in [2.75, 3.05) is 11.9 Å². The first-order valence-electron chi connectivity index (χ1n) is 7.69. The Balaban J connectivity index is 2.47. The molecule has 0 fully saturated rings. The van der Waals surface area contributed by atoms with Crippen molar-refractivity contribution >= 4 is 55.8 Å². The second-order valence-electron chi connectivity index (χ2n) is 6.10. The highest BCUT2D eigenvalue weighted by Gasteiger charge is 2.22. The molecule has 0 unspecified atom stereocenters. The summed E-state index contributed by atoms with van der Waals surface area (Å²) in [5, 5.41) is 5.61. The normalized spacial score (nSPS) is 10.9. The molecule has 0 saturated heterocycles. The average molecular weight is 523 g/mol. The van der Waals surface area contributed by atoms with E-state index in [1.807, 2.05) is 32.9 Å². The molecule has 7 heteroatoms. The molecule has 0 aliphatic heterocycles. The molecule has 0 aliphatic rings. The Hall–Kier alpha value is -1.22. The molecule has 0 heterocycles. The Morgan fingerprint density at radius 3 is 2.52 bits per heavy atom. The van der Waals surface area contributed by atoms with Gasteiger partial charge in [-0.1, -0.05) is 13.8 Å². The van der Waals surface area contributed by atoms with Crippen LogP contribution in [-0.2, 0) is 0 Å². The van der Waals surface area contributed by atoms with Gasteiger partial charge in [-0.05, 0) is 81.2 Å². The third kappa shape index (κ3) is 4.91. The SMILES string of the molecule is Cc1cc(I)ccc1Nc1c(C(=O)NCC(C)C)cc(Br)c(F)c1F. The van der Waals surface area contributed by atoms with E-state index >= 15 is 0 Å². The molecule has 0 aliphatic carbocycles. The number of benzene rings is 2. The maximum Gasteiger partial charge on any atom is 0.253 e. The highest BCUT2D eigenvalue weighted by atomic mass is 127. The number of amides is 1. The summed E-state index contributed by atoms with van der Waals surface area (Å²) >= 11 is 5.14. The molecule has 134 valence electrons. The van der Waals surface area contributed by atoms with Gasteiger partial charge >= 0.3 is 0 Å². The van der Waals surface area contributed by atoms with Crippen LogP contribution in [0.25, 0.3) is 0 Å². The van der Waals surface area contributed by atoms with Crippen molar-refractivity contribution in [1.82, 2.24) is 5.32 Å². The zero-order valence-corrected chi connectivity index (χ0v) is 17.8. The fourth-order valence-corrected chi connectivity index (χ4v) is 3.24. The topological polar surface area (TPSA) is 41.1 Å². The predicted molar refractivity (Wildman–Crippen MR) is 108 cm³/mol. The molecule has 0 spiro atoms. The van der Waals surface area contributed by atoms with Crippen LogP contribution in [-0.4, -0.2) is 12.5 Å². The number of carbonyl (C=O) groups excluding carboxylic acids is 1. The Kier molecular flexibility index (Phi) is 6.79. The van der Waals surface area contributed by atoms with Crippen molar-refractivity contribution in [2.45, 2.75) is 20.8 Å². The number of halogens is 4. The van der Waals surface area contributed by atoms with Gasteiger partial charge in [-0.25, -0.2) is 8.78 Å². The highest BCUT2D eigenvalue weighted by Crippen LogP contribution is 2.32. The Morgan fingerprint density at radius 1 is 1.24 bits per heavy atom. The molecule has 2 aromatic carbocycles. The molecule has 2 rings (SSSR count). The van der Waals surface area contributed by atoms with Crippen molar-refractivity contribution in [3.05, 3.63) is 55.1 Å². The van der Waals surface area contributed by atoms with Crippen molar-refractivity contribution in [3.63, 3.8) is 0 Å². The summed E-state index contributed by atoms with van der Waals surface area (Å²) in [6, 6.07) is 6.82. The molecule has 2 N–H and O–H groups in total. The van der Waals surface area contributed by atoms with Crippen LogP contribution in [0.2, 0.25) is 0 Å². The van der Waals surface area contributed by atoms with Crippen molar-refractivity contribution in [1.29, 1.82) is 0 Å². The number of anilines is 2. The second-order valence-corrected chi connectivity index (χ2v) is 8.20. The Morgan fingerprint density at radius 2 is 1.92 bits per heavy atom. The van der Waals surface area contributed by atoms with Crippen LogP contribution in [0.15, 0.2) is 28.7 Å². The number of hydrogen-bond donors (Lipinski definition) is 2. The molecule has 3 nitrogen and oxygen atoms in total. The van der Waals surface area contributed by atoms with Crippen molar-refractivity contribution < 1.29 is 13.6 Å². The van der Waals surface area contributed by atoms with Gasteiger partial charge in [0.2, 0.25) is 0 Å². The van der Waals surface area contributed by atoms with Crippen LogP contribution < -0.4 is 10.6 Å². The first kappa shape index (κ1) is 20.1. The quantitative estimate of drug-likeness (QED) is 0.386. The molecule has 2 aromatic rings. The van der Waals surface area contributed by atoms with Crippen LogP contribution in [0.4, 0.5) is 20.2 Å². The lowest BCUT2D eigenvalue weighted by atomic mass is 10.1. The minimum Gasteiger partial charge on any atom is -0.352 e. The number of nitrogens with one attached hydrogen (secondary N) is 2. The van der Waals surface area contributed by atoms with E-state index in [-0.39, 0.29) is 21.6 Å². The van der Waals surface area contributed by atoms with Gasteiger partial charge in [-0.3, -0.25) is 4.79 Å². The minimum absolute atomic E-state index is 0.0457. The average Bonchev–Trinajstić information content (AvgIpc) is 2.54. The Labute approximate surface area is 167 Å². The zero-order valence-electron chi connectivity index (χ0n) is 14.0. The third-order valence-corrected chi connectivity index (χ3v) is 4.77. The largest absolute Gasteiger partial charge is 0.352 e. The smallest absolute Gasteiger partial charge is 0.253 e. The maximum atomic E-state index is 14.5. The van der Waals surface area contributed by atoms with Crippen LogP contribution in [0.5, 0.6) is 0 Å². The van der Waals surface area contributed by atoms with Crippen molar-refractivity contribution in [2.24, 2.45) is 5.92 Å². The van der Waals surface area contributed by atoms with Gasteiger partial charge in [0, 0.05) is 15.8 Å². The van der Waals surface area contributed by atoms with E-state index in [0.29, 0.717) is 12.2 Å². The van der Waals surface area contributed by atoms with Gasteiger partial charge in [-0.2, -0.15) is 0 Å². The van der Waals surface area contributed by atoms with Gasteiger partial charge < -0.3 is 10.6 Å². The van der Waals surface area contributed by atoms with E-state index in [1.54, 1.807) is 6.07 Å². The van der Waals surface area contributed by atoms with Gasteiger partial charge in [0.25, 0.3) is 5.91 Å². The van der Waals surface area contributed by atoms with Crippen LogP contribution in [0.1, 0.15) is 29.8 Å². The summed E-state index contributed by atoms with van der Waals surface area (Å²) < 4.78 is 29.5. The summed E-state index contributed by atoms with van der Waals surface area (Å²) in [5.41, 5.74) is 1.35. The lowest BCUT2D eigenvalue weighted by molar-refractivity contribution is 0.0949. The van der Waals surface area contributed by atoms with E-state index in [0.717, 1.165) is 9.13 Å². The summed E-state index contributed by atoms with van der Waals surface area (Å²) in [4.78, 5) is 12.5. The molecular weight excluding hydrogens is 505 g/mol. The van der Waals surface area contributed by atoms with Crippen LogP contribution in [0, 0.1) is 28.0 Å². The fraction of sp³-hybridized carbons (Fsp3) is 0.278. The highest BCUT2D eigenvalue weighted by molar-refractivity contribution is 14.1. The molecule has 0 radical (unpaired) electrons.